The lowest BCUT2D eigenvalue weighted by Gasteiger charge is -2.05. The van der Waals surface area contributed by atoms with Crippen molar-refractivity contribution in [1.82, 2.24) is 20.5 Å². The molecule has 0 saturated heterocycles. The quantitative estimate of drug-likeness (QED) is 0.640. The maximum atomic E-state index is 11.9. The Morgan fingerprint density at radius 3 is 3.08 bits per heavy atom. The molecule has 8 heteroatoms. The Hall–Kier alpha value is -2.74. The molecule has 0 unspecified atom stereocenters. The van der Waals surface area contributed by atoms with Crippen molar-refractivity contribution in [3.8, 4) is 17.3 Å². The highest BCUT2D eigenvalue weighted by Crippen LogP contribution is 2.22. The number of aromatic amines is 1. The number of hydrogen-bond acceptors (Lipinski definition) is 6. The summed E-state index contributed by atoms with van der Waals surface area (Å²) in [4.78, 5) is 17.2. The van der Waals surface area contributed by atoms with E-state index in [4.69, 9.17) is 9.15 Å². The Labute approximate surface area is 142 Å². The van der Waals surface area contributed by atoms with Crippen LogP contribution in [0.25, 0.3) is 11.6 Å². The fourth-order valence-electron chi connectivity index (χ4n) is 1.96. The van der Waals surface area contributed by atoms with Crippen LogP contribution < -0.4 is 10.1 Å². The van der Waals surface area contributed by atoms with Crippen molar-refractivity contribution in [1.29, 1.82) is 0 Å². The number of ether oxygens (including phenoxy) is 1. The monoisotopic (exact) mass is 344 g/mol. The minimum atomic E-state index is -0.0845. The molecule has 1 amide bonds. The second-order valence-electron chi connectivity index (χ2n) is 4.83. The minimum absolute atomic E-state index is 0.0845. The standard InChI is InChI=1S/C16H16N4O3S/c1-22-11-4-2-5-12(8-11)24-10-15(21)17-9-14-18-16(20-19-14)13-6-3-7-23-13/h2-8H,9-10H2,1H3,(H,17,21)(H,18,19,20). The molecule has 0 bridgehead atoms. The van der Waals surface area contributed by atoms with E-state index in [-0.39, 0.29) is 12.5 Å². The molecule has 0 fully saturated rings. The molecule has 0 aliphatic rings. The lowest BCUT2D eigenvalue weighted by molar-refractivity contribution is -0.118. The molecule has 1 aromatic carbocycles. The average Bonchev–Trinajstić information content (AvgIpc) is 3.29. The third-order valence-corrected chi connectivity index (χ3v) is 4.13. The minimum Gasteiger partial charge on any atom is -0.497 e. The third kappa shape index (κ3) is 4.17. The number of carbonyl (C=O) groups is 1. The normalized spacial score (nSPS) is 10.5. The van der Waals surface area contributed by atoms with Gasteiger partial charge in [-0.05, 0) is 30.3 Å². The summed E-state index contributed by atoms with van der Waals surface area (Å²) in [5.41, 5.74) is 0. The molecule has 0 aliphatic carbocycles. The Morgan fingerprint density at radius 1 is 1.38 bits per heavy atom. The van der Waals surface area contributed by atoms with Crippen LogP contribution in [-0.4, -0.2) is 34.0 Å². The first-order valence-corrected chi connectivity index (χ1v) is 8.22. The molecular formula is C16H16N4O3S. The first-order chi connectivity index (χ1) is 11.7. The number of aromatic nitrogens is 3. The molecule has 2 aromatic heterocycles. The van der Waals surface area contributed by atoms with E-state index in [9.17, 15) is 4.79 Å². The molecule has 0 aliphatic heterocycles. The summed E-state index contributed by atoms with van der Waals surface area (Å²) in [6.07, 6.45) is 1.56. The van der Waals surface area contributed by atoms with E-state index in [2.05, 4.69) is 20.5 Å². The molecule has 0 saturated carbocycles. The first-order valence-electron chi connectivity index (χ1n) is 7.23. The highest BCUT2D eigenvalue weighted by Gasteiger charge is 2.09. The molecule has 3 rings (SSSR count). The first kappa shape index (κ1) is 16.1. The molecule has 2 heterocycles. The largest absolute Gasteiger partial charge is 0.497 e. The van der Waals surface area contributed by atoms with Gasteiger partial charge in [0.25, 0.3) is 0 Å². The van der Waals surface area contributed by atoms with Crippen molar-refractivity contribution < 1.29 is 13.9 Å². The van der Waals surface area contributed by atoms with Crippen LogP contribution in [0, 0.1) is 0 Å². The number of methoxy groups -OCH3 is 1. The number of furan rings is 1. The van der Waals surface area contributed by atoms with E-state index >= 15 is 0 Å². The van der Waals surface area contributed by atoms with Gasteiger partial charge in [0.05, 0.1) is 25.7 Å². The Bertz CT molecular complexity index is 801. The van der Waals surface area contributed by atoms with Gasteiger partial charge in [0.1, 0.15) is 11.6 Å². The number of benzene rings is 1. The van der Waals surface area contributed by atoms with Gasteiger partial charge in [-0.15, -0.1) is 16.9 Å². The zero-order valence-electron chi connectivity index (χ0n) is 13.0. The van der Waals surface area contributed by atoms with E-state index < -0.39 is 0 Å². The fraction of sp³-hybridized carbons (Fsp3) is 0.188. The molecule has 0 radical (unpaired) electrons. The maximum Gasteiger partial charge on any atom is 0.230 e. The summed E-state index contributed by atoms with van der Waals surface area (Å²) in [5, 5.41) is 9.63. The number of nitrogens with zero attached hydrogens (tertiary/aromatic N) is 2. The molecular weight excluding hydrogens is 328 g/mol. The van der Waals surface area contributed by atoms with Gasteiger partial charge >= 0.3 is 0 Å². The fourth-order valence-corrected chi connectivity index (χ4v) is 2.74. The van der Waals surface area contributed by atoms with Gasteiger partial charge in [-0.2, -0.15) is 0 Å². The van der Waals surface area contributed by atoms with Crippen LogP contribution in [-0.2, 0) is 11.3 Å². The second-order valence-corrected chi connectivity index (χ2v) is 5.88. The van der Waals surface area contributed by atoms with Crippen molar-refractivity contribution in [2.24, 2.45) is 0 Å². The Balaban J connectivity index is 1.47. The molecule has 0 atom stereocenters. The number of nitrogens with one attached hydrogen (secondary N) is 2. The highest BCUT2D eigenvalue weighted by atomic mass is 32.2. The van der Waals surface area contributed by atoms with Gasteiger partial charge in [-0.1, -0.05) is 6.07 Å². The van der Waals surface area contributed by atoms with Gasteiger partial charge < -0.3 is 14.5 Å². The van der Waals surface area contributed by atoms with Crippen LogP contribution in [0.1, 0.15) is 5.82 Å². The summed E-state index contributed by atoms with van der Waals surface area (Å²) in [6.45, 7) is 0.283. The van der Waals surface area contributed by atoms with E-state index in [1.54, 1.807) is 25.5 Å². The Kier molecular flexibility index (Phi) is 5.17. The van der Waals surface area contributed by atoms with E-state index in [0.29, 0.717) is 23.2 Å². The van der Waals surface area contributed by atoms with Crippen molar-refractivity contribution in [3.05, 3.63) is 48.5 Å². The van der Waals surface area contributed by atoms with Crippen molar-refractivity contribution in [3.63, 3.8) is 0 Å². The van der Waals surface area contributed by atoms with Gasteiger partial charge in [-0.3, -0.25) is 9.89 Å². The van der Waals surface area contributed by atoms with Gasteiger partial charge in [0.15, 0.2) is 5.76 Å². The SMILES string of the molecule is COc1cccc(SCC(=O)NCc2nc(-c3ccco3)n[nH]2)c1. The van der Waals surface area contributed by atoms with Crippen molar-refractivity contribution in [2.75, 3.05) is 12.9 Å². The van der Waals surface area contributed by atoms with Crippen LogP contribution in [0.15, 0.2) is 52.0 Å². The number of hydrogen-bond donors (Lipinski definition) is 2. The van der Waals surface area contributed by atoms with Crippen LogP contribution in [0.3, 0.4) is 0 Å². The number of H-pyrrole nitrogens is 1. The highest BCUT2D eigenvalue weighted by molar-refractivity contribution is 8.00. The van der Waals surface area contributed by atoms with E-state index in [1.807, 2.05) is 24.3 Å². The smallest absolute Gasteiger partial charge is 0.230 e. The van der Waals surface area contributed by atoms with Crippen molar-refractivity contribution >= 4 is 17.7 Å². The van der Waals surface area contributed by atoms with Crippen molar-refractivity contribution in [2.45, 2.75) is 11.4 Å². The third-order valence-electron chi connectivity index (χ3n) is 3.14. The van der Waals surface area contributed by atoms with Crippen LogP contribution in [0.5, 0.6) is 5.75 Å². The summed E-state index contributed by atoms with van der Waals surface area (Å²) >= 11 is 1.44. The predicted molar refractivity (Wildman–Crippen MR) is 89.6 cm³/mol. The molecule has 7 nitrogen and oxygen atoms in total. The predicted octanol–water partition coefficient (Wildman–Crippen LogP) is 2.48. The van der Waals surface area contributed by atoms with Crippen LogP contribution >= 0.6 is 11.8 Å². The summed E-state index contributed by atoms with van der Waals surface area (Å²) in [6, 6.07) is 11.1. The lowest BCUT2D eigenvalue weighted by Crippen LogP contribution is -2.25. The maximum absolute atomic E-state index is 11.9. The number of thioether (sulfide) groups is 1. The zero-order valence-corrected chi connectivity index (χ0v) is 13.8. The van der Waals surface area contributed by atoms with Gasteiger partial charge in [-0.25, -0.2) is 4.98 Å². The summed E-state index contributed by atoms with van der Waals surface area (Å²) < 4.78 is 10.4. The topological polar surface area (TPSA) is 93.0 Å². The molecule has 24 heavy (non-hydrogen) atoms. The Morgan fingerprint density at radius 2 is 2.29 bits per heavy atom. The van der Waals surface area contributed by atoms with Gasteiger partial charge in [0, 0.05) is 4.90 Å². The molecule has 3 aromatic rings. The van der Waals surface area contributed by atoms with Crippen LogP contribution in [0.4, 0.5) is 0 Å². The van der Waals surface area contributed by atoms with Gasteiger partial charge in [0.2, 0.25) is 11.7 Å². The molecule has 2 N–H and O–H groups in total. The van der Waals surface area contributed by atoms with Crippen LogP contribution in [0.2, 0.25) is 0 Å². The number of carbonyl (C=O) groups excluding carboxylic acids is 1. The molecule has 124 valence electrons. The number of amides is 1. The van der Waals surface area contributed by atoms with E-state index in [0.717, 1.165) is 10.6 Å². The zero-order chi connectivity index (χ0) is 16.8. The second kappa shape index (κ2) is 7.69. The lowest BCUT2D eigenvalue weighted by atomic mass is 10.3. The molecule has 0 spiro atoms. The summed E-state index contributed by atoms with van der Waals surface area (Å²) in [5.74, 6) is 2.62. The van der Waals surface area contributed by atoms with E-state index in [1.165, 1.54) is 11.8 Å². The average molecular weight is 344 g/mol. The number of rotatable bonds is 7. The summed E-state index contributed by atoms with van der Waals surface area (Å²) in [7, 11) is 1.62.